The maximum atomic E-state index is 12.1. The van der Waals surface area contributed by atoms with Gasteiger partial charge in [-0.3, -0.25) is 19.7 Å². The van der Waals surface area contributed by atoms with Crippen LogP contribution in [-0.2, 0) is 9.59 Å². The molecule has 0 saturated heterocycles. The van der Waals surface area contributed by atoms with Crippen molar-refractivity contribution in [1.29, 1.82) is 0 Å². The third kappa shape index (κ3) is 6.20. The van der Waals surface area contributed by atoms with Crippen LogP contribution in [0.5, 0.6) is 11.5 Å². The molecular formula is C20H23N3O6. The van der Waals surface area contributed by atoms with E-state index in [0.717, 1.165) is 0 Å². The minimum absolute atomic E-state index is 0.0376. The fourth-order valence-electron chi connectivity index (χ4n) is 2.21. The molecule has 0 aromatic heterocycles. The summed E-state index contributed by atoms with van der Waals surface area (Å²) >= 11 is 0. The molecule has 0 aliphatic rings. The molecule has 2 amide bonds. The second kappa shape index (κ2) is 9.05. The molecular weight excluding hydrogens is 378 g/mol. The van der Waals surface area contributed by atoms with Crippen molar-refractivity contribution in [3.63, 3.8) is 0 Å². The Labute approximate surface area is 168 Å². The fourth-order valence-corrected chi connectivity index (χ4v) is 2.21. The van der Waals surface area contributed by atoms with Gasteiger partial charge in [-0.1, -0.05) is 26.8 Å². The number of carbonyl (C=O) groups excluding carboxylic acids is 2. The Morgan fingerprint density at radius 2 is 1.79 bits per heavy atom. The van der Waals surface area contributed by atoms with Crippen molar-refractivity contribution >= 4 is 28.9 Å². The van der Waals surface area contributed by atoms with Gasteiger partial charge in [0.15, 0.2) is 6.61 Å². The van der Waals surface area contributed by atoms with Gasteiger partial charge in [0.05, 0.1) is 18.1 Å². The van der Waals surface area contributed by atoms with Gasteiger partial charge in [0.1, 0.15) is 17.2 Å². The number of rotatable bonds is 7. The van der Waals surface area contributed by atoms with Gasteiger partial charge in [0.25, 0.3) is 11.6 Å². The number of methoxy groups -OCH3 is 1. The molecule has 2 aromatic carbocycles. The number of hydrogen-bond acceptors (Lipinski definition) is 6. The third-order valence-corrected chi connectivity index (χ3v) is 3.82. The van der Waals surface area contributed by atoms with Crippen molar-refractivity contribution in [2.24, 2.45) is 5.41 Å². The number of nitrogens with one attached hydrogen (secondary N) is 2. The molecule has 2 N–H and O–H groups in total. The van der Waals surface area contributed by atoms with Crippen molar-refractivity contribution < 1.29 is 24.0 Å². The Morgan fingerprint density at radius 3 is 2.41 bits per heavy atom. The zero-order valence-electron chi connectivity index (χ0n) is 16.6. The summed E-state index contributed by atoms with van der Waals surface area (Å²) in [4.78, 5) is 34.8. The van der Waals surface area contributed by atoms with E-state index in [0.29, 0.717) is 17.2 Å². The van der Waals surface area contributed by atoms with E-state index in [2.05, 4.69) is 10.6 Å². The lowest BCUT2D eigenvalue weighted by atomic mass is 9.95. The summed E-state index contributed by atoms with van der Waals surface area (Å²) in [7, 11) is 1.39. The zero-order valence-corrected chi connectivity index (χ0v) is 16.6. The van der Waals surface area contributed by atoms with E-state index in [9.17, 15) is 19.7 Å². The number of nitro groups is 1. The minimum Gasteiger partial charge on any atom is -0.496 e. The van der Waals surface area contributed by atoms with E-state index in [1.165, 1.54) is 25.3 Å². The van der Waals surface area contributed by atoms with E-state index in [4.69, 9.17) is 9.47 Å². The molecule has 0 radical (unpaired) electrons. The molecule has 0 bridgehead atoms. The zero-order chi connectivity index (χ0) is 21.6. The predicted octanol–water partition coefficient (Wildman–Crippen LogP) is 3.61. The molecule has 154 valence electrons. The summed E-state index contributed by atoms with van der Waals surface area (Å²) in [6.07, 6.45) is 0. The first-order chi connectivity index (χ1) is 13.6. The van der Waals surface area contributed by atoms with Gasteiger partial charge >= 0.3 is 0 Å². The molecule has 0 heterocycles. The van der Waals surface area contributed by atoms with Gasteiger partial charge < -0.3 is 20.1 Å². The first kappa shape index (κ1) is 21.7. The van der Waals surface area contributed by atoms with Crippen LogP contribution in [-0.4, -0.2) is 30.5 Å². The van der Waals surface area contributed by atoms with Crippen LogP contribution in [0, 0.1) is 15.5 Å². The number of benzene rings is 2. The monoisotopic (exact) mass is 401 g/mol. The first-order valence-corrected chi connectivity index (χ1v) is 8.77. The van der Waals surface area contributed by atoms with Crippen LogP contribution in [0.3, 0.4) is 0 Å². The van der Waals surface area contributed by atoms with Crippen molar-refractivity contribution in [3.8, 4) is 11.5 Å². The molecule has 9 nitrogen and oxygen atoms in total. The van der Waals surface area contributed by atoms with E-state index in [1.807, 2.05) is 0 Å². The standard InChI is InChI=1S/C20H23N3O6/c1-20(2,3)19(25)21-13-6-5-7-15(10-13)29-12-18(24)22-16-9-8-14(28-4)11-17(16)23(26)27/h5-11H,12H2,1-4H3,(H,21,25)(H,22,24). The fraction of sp³-hybridized carbons (Fsp3) is 0.300. The Balaban J connectivity index is 2.01. The summed E-state index contributed by atoms with van der Waals surface area (Å²) in [6, 6.07) is 10.7. The Kier molecular flexibility index (Phi) is 6.76. The summed E-state index contributed by atoms with van der Waals surface area (Å²) in [5, 5.41) is 16.4. The number of nitro benzene ring substituents is 1. The molecule has 0 atom stereocenters. The molecule has 2 rings (SSSR count). The maximum absolute atomic E-state index is 12.1. The molecule has 0 aliphatic carbocycles. The number of anilines is 2. The molecule has 2 aromatic rings. The number of carbonyl (C=O) groups is 2. The van der Waals surface area contributed by atoms with Gasteiger partial charge in [-0.25, -0.2) is 0 Å². The number of hydrogen-bond donors (Lipinski definition) is 2. The molecule has 0 saturated carbocycles. The van der Waals surface area contributed by atoms with Gasteiger partial charge in [0.2, 0.25) is 5.91 Å². The molecule has 0 spiro atoms. The maximum Gasteiger partial charge on any atom is 0.296 e. The highest BCUT2D eigenvalue weighted by Crippen LogP contribution is 2.29. The highest BCUT2D eigenvalue weighted by atomic mass is 16.6. The quantitative estimate of drug-likeness (QED) is 0.540. The van der Waals surface area contributed by atoms with Crippen LogP contribution in [0.25, 0.3) is 0 Å². The van der Waals surface area contributed by atoms with Gasteiger partial charge in [0, 0.05) is 17.2 Å². The van der Waals surface area contributed by atoms with Crippen molar-refractivity contribution in [2.75, 3.05) is 24.4 Å². The largest absolute Gasteiger partial charge is 0.496 e. The van der Waals surface area contributed by atoms with E-state index in [1.54, 1.807) is 45.0 Å². The molecule has 0 aliphatic heterocycles. The van der Waals surface area contributed by atoms with Crippen LogP contribution in [0.1, 0.15) is 20.8 Å². The second-order valence-corrected chi connectivity index (χ2v) is 7.21. The number of nitrogens with zero attached hydrogens (tertiary/aromatic N) is 1. The molecule has 9 heteroatoms. The average Bonchev–Trinajstić information content (AvgIpc) is 2.66. The smallest absolute Gasteiger partial charge is 0.296 e. The van der Waals surface area contributed by atoms with E-state index < -0.39 is 16.2 Å². The Morgan fingerprint density at radius 1 is 1.07 bits per heavy atom. The Hall–Kier alpha value is -3.62. The van der Waals surface area contributed by atoms with Crippen molar-refractivity contribution in [3.05, 3.63) is 52.6 Å². The second-order valence-electron chi connectivity index (χ2n) is 7.21. The number of ether oxygens (including phenoxy) is 2. The van der Waals surface area contributed by atoms with Crippen LogP contribution >= 0.6 is 0 Å². The summed E-state index contributed by atoms with van der Waals surface area (Å²) < 4.78 is 10.4. The van der Waals surface area contributed by atoms with Gasteiger partial charge in [-0.2, -0.15) is 0 Å². The van der Waals surface area contributed by atoms with Crippen LogP contribution < -0.4 is 20.1 Å². The lowest BCUT2D eigenvalue weighted by Crippen LogP contribution is -2.27. The lowest BCUT2D eigenvalue weighted by Gasteiger charge is -2.18. The highest BCUT2D eigenvalue weighted by Gasteiger charge is 2.21. The molecule has 0 fully saturated rings. The normalized spacial score (nSPS) is 10.8. The van der Waals surface area contributed by atoms with E-state index >= 15 is 0 Å². The van der Waals surface area contributed by atoms with Crippen molar-refractivity contribution in [2.45, 2.75) is 20.8 Å². The van der Waals surface area contributed by atoms with Crippen molar-refractivity contribution in [1.82, 2.24) is 0 Å². The minimum atomic E-state index is -0.611. The molecule has 29 heavy (non-hydrogen) atoms. The predicted molar refractivity (Wildman–Crippen MR) is 108 cm³/mol. The van der Waals surface area contributed by atoms with Crippen LogP contribution in [0.2, 0.25) is 0 Å². The number of amides is 2. The Bertz CT molecular complexity index is 921. The van der Waals surface area contributed by atoms with Crippen LogP contribution in [0.15, 0.2) is 42.5 Å². The van der Waals surface area contributed by atoms with Crippen LogP contribution in [0.4, 0.5) is 17.1 Å². The van der Waals surface area contributed by atoms with Gasteiger partial charge in [-0.15, -0.1) is 0 Å². The first-order valence-electron chi connectivity index (χ1n) is 8.77. The lowest BCUT2D eigenvalue weighted by molar-refractivity contribution is -0.384. The molecule has 0 unspecified atom stereocenters. The summed E-state index contributed by atoms with van der Waals surface area (Å²) in [6.45, 7) is 5.03. The van der Waals surface area contributed by atoms with E-state index in [-0.39, 0.29) is 23.9 Å². The third-order valence-electron chi connectivity index (χ3n) is 3.82. The highest BCUT2D eigenvalue weighted by molar-refractivity contribution is 5.95. The SMILES string of the molecule is COc1ccc(NC(=O)COc2cccc(NC(=O)C(C)(C)C)c2)c([N+](=O)[O-])c1. The van der Waals surface area contributed by atoms with Gasteiger partial charge in [-0.05, 0) is 24.3 Å². The summed E-state index contributed by atoms with van der Waals surface area (Å²) in [5.41, 5.74) is -0.266. The summed E-state index contributed by atoms with van der Waals surface area (Å²) in [5.74, 6) is -0.0437. The average molecular weight is 401 g/mol. The topological polar surface area (TPSA) is 120 Å².